The number of rotatable bonds is 10. The van der Waals surface area contributed by atoms with Crippen LogP contribution in [0.15, 0.2) is 52.5 Å². The van der Waals surface area contributed by atoms with Crippen LogP contribution in [0.3, 0.4) is 0 Å². The minimum absolute atomic E-state index is 0.0509. The van der Waals surface area contributed by atoms with Gasteiger partial charge in [-0.15, -0.1) is 0 Å². The van der Waals surface area contributed by atoms with Gasteiger partial charge in [-0.25, -0.2) is 8.42 Å². The number of oxime groups is 1. The molecule has 0 radical (unpaired) electrons. The number of sulfonamides is 1. The maximum absolute atomic E-state index is 12.9. The number of anilines is 1. The normalized spacial score (nSPS) is 14.7. The molecule has 0 atom stereocenters. The number of carbonyl (C=O) groups excluding carboxylic acids is 1. The molecule has 178 valence electrons. The summed E-state index contributed by atoms with van der Waals surface area (Å²) >= 11 is 0. The van der Waals surface area contributed by atoms with Crippen molar-refractivity contribution in [2.45, 2.75) is 11.8 Å². The van der Waals surface area contributed by atoms with Crippen molar-refractivity contribution in [3.8, 4) is 11.5 Å². The Bertz CT molecular complexity index is 1070. The number of methoxy groups -OCH3 is 1. The van der Waals surface area contributed by atoms with Crippen LogP contribution in [0.1, 0.15) is 12.5 Å². The molecule has 3 rings (SSSR count). The van der Waals surface area contributed by atoms with E-state index in [1.807, 2.05) is 31.2 Å². The highest BCUT2D eigenvalue weighted by atomic mass is 32.2. The van der Waals surface area contributed by atoms with Gasteiger partial charge >= 0.3 is 0 Å². The number of hydrogen-bond acceptors (Lipinski definition) is 8. The quantitative estimate of drug-likeness (QED) is 0.412. The highest BCUT2D eigenvalue weighted by molar-refractivity contribution is 7.89. The van der Waals surface area contributed by atoms with Crippen molar-refractivity contribution in [1.82, 2.24) is 4.31 Å². The van der Waals surface area contributed by atoms with Crippen molar-refractivity contribution < 1.29 is 32.3 Å². The summed E-state index contributed by atoms with van der Waals surface area (Å²) in [5.41, 5.74) is 0.998. The molecule has 11 heteroatoms. The number of nitrogens with one attached hydrogen (secondary N) is 1. The average molecular weight is 478 g/mol. The summed E-state index contributed by atoms with van der Waals surface area (Å²) in [5, 5.41) is 6.40. The van der Waals surface area contributed by atoms with Crippen molar-refractivity contribution >= 4 is 27.8 Å². The van der Waals surface area contributed by atoms with E-state index in [1.54, 1.807) is 0 Å². The molecule has 2 aromatic rings. The van der Waals surface area contributed by atoms with Crippen LogP contribution < -0.4 is 14.8 Å². The van der Waals surface area contributed by atoms with E-state index in [9.17, 15) is 13.2 Å². The molecule has 0 spiro atoms. The van der Waals surface area contributed by atoms with Gasteiger partial charge in [0, 0.05) is 13.1 Å². The van der Waals surface area contributed by atoms with Crippen molar-refractivity contribution in [1.29, 1.82) is 0 Å². The van der Waals surface area contributed by atoms with Gasteiger partial charge in [0.05, 0.1) is 43.7 Å². The molecule has 0 saturated carbocycles. The van der Waals surface area contributed by atoms with Crippen molar-refractivity contribution in [2.75, 3.05) is 51.9 Å². The van der Waals surface area contributed by atoms with Gasteiger partial charge in [-0.05, 0) is 55.0 Å². The Kier molecular flexibility index (Phi) is 8.64. The molecular formula is C22H27N3O7S. The molecule has 0 aromatic heterocycles. The monoisotopic (exact) mass is 477 g/mol. The molecule has 1 amide bonds. The number of morpholine rings is 1. The van der Waals surface area contributed by atoms with Crippen LogP contribution in [0.25, 0.3) is 0 Å². The van der Waals surface area contributed by atoms with E-state index in [0.717, 1.165) is 11.3 Å². The average Bonchev–Trinajstić information content (AvgIpc) is 2.83. The smallest absolute Gasteiger partial charge is 0.265 e. The maximum atomic E-state index is 12.9. The predicted octanol–water partition coefficient (Wildman–Crippen LogP) is 2.10. The number of benzene rings is 2. The molecule has 33 heavy (non-hydrogen) atoms. The summed E-state index contributed by atoms with van der Waals surface area (Å²) in [6, 6.07) is 11.5. The Labute approximate surface area is 193 Å². The summed E-state index contributed by atoms with van der Waals surface area (Å²) in [6.07, 6.45) is 1.47. The molecule has 1 aliphatic rings. The summed E-state index contributed by atoms with van der Waals surface area (Å²) in [4.78, 5) is 17.4. The SMILES string of the molecule is CCOc1ccc(C=NOCC(=O)Nc2cc(S(=O)(=O)N3CCOCC3)ccc2OC)cc1. The van der Waals surface area contributed by atoms with Crippen LogP contribution in [0.5, 0.6) is 11.5 Å². The van der Waals surface area contributed by atoms with Gasteiger partial charge in [-0.3, -0.25) is 4.79 Å². The molecular weight excluding hydrogens is 450 g/mol. The second-order valence-corrected chi connectivity index (χ2v) is 8.87. The van der Waals surface area contributed by atoms with Gasteiger partial charge in [0.2, 0.25) is 10.0 Å². The zero-order valence-electron chi connectivity index (χ0n) is 18.5. The fourth-order valence-electron chi connectivity index (χ4n) is 3.08. The van der Waals surface area contributed by atoms with Crippen LogP contribution in [0.4, 0.5) is 5.69 Å². The number of nitrogens with zero attached hydrogens (tertiary/aromatic N) is 2. The van der Waals surface area contributed by atoms with Crippen molar-refractivity contribution in [2.24, 2.45) is 5.16 Å². The number of ether oxygens (including phenoxy) is 3. The molecule has 10 nitrogen and oxygen atoms in total. The van der Waals surface area contributed by atoms with E-state index in [-0.39, 0.29) is 30.3 Å². The second kappa shape index (κ2) is 11.6. The first-order chi connectivity index (χ1) is 15.9. The summed E-state index contributed by atoms with van der Waals surface area (Å²) < 4.78 is 43.0. The van der Waals surface area contributed by atoms with Gasteiger partial charge in [0.1, 0.15) is 11.5 Å². The standard InChI is InChI=1S/C22H27N3O7S/c1-3-31-18-6-4-17(5-7-18)15-23-32-16-22(26)24-20-14-19(8-9-21(20)29-2)33(27,28)25-10-12-30-13-11-25/h4-9,14-15H,3,10-13,16H2,1-2H3,(H,24,26). The number of hydrogen-bond donors (Lipinski definition) is 1. The Morgan fingerprint density at radius 2 is 1.91 bits per heavy atom. The lowest BCUT2D eigenvalue weighted by atomic mass is 10.2. The first-order valence-corrected chi connectivity index (χ1v) is 11.8. The summed E-state index contributed by atoms with van der Waals surface area (Å²) in [7, 11) is -2.29. The minimum Gasteiger partial charge on any atom is -0.495 e. The first-order valence-electron chi connectivity index (χ1n) is 10.4. The molecule has 0 unspecified atom stereocenters. The Balaban J connectivity index is 1.60. The highest BCUT2D eigenvalue weighted by Gasteiger charge is 2.27. The molecule has 1 heterocycles. The zero-order valence-corrected chi connectivity index (χ0v) is 19.3. The molecule has 1 aliphatic heterocycles. The molecule has 1 saturated heterocycles. The largest absolute Gasteiger partial charge is 0.495 e. The number of amides is 1. The van der Waals surface area contributed by atoms with E-state index in [0.29, 0.717) is 25.6 Å². The lowest BCUT2D eigenvalue weighted by molar-refractivity contribution is -0.120. The fourth-order valence-corrected chi connectivity index (χ4v) is 4.51. The molecule has 0 aliphatic carbocycles. The topological polar surface area (TPSA) is 116 Å². The maximum Gasteiger partial charge on any atom is 0.265 e. The van der Waals surface area contributed by atoms with E-state index in [4.69, 9.17) is 19.0 Å². The van der Waals surface area contributed by atoms with Crippen LogP contribution in [0.2, 0.25) is 0 Å². The fraction of sp³-hybridized carbons (Fsp3) is 0.364. The van der Waals surface area contributed by atoms with Gasteiger partial charge < -0.3 is 24.4 Å². The van der Waals surface area contributed by atoms with Crippen molar-refractivity contribution in [3.05, 3.63) is 48.0 Å². The zero-order chi connectivity index (χ0) is 23.7. The van der Waals surface area contributed by atoms with Crippen LogP contribution in [0, 0.1) is 0 Å². The van der Waals surface area contributed by atoms with Gasteiger partial charge in [-0.1, -0.05) is 5.16 Å². The van der Waals surface area contributed by atoms with E-state index in [2.05, 4.69) is 10.5 Å². The predicted molar refractivity (Wildman–Crippen MR) is 122 cm³/mol. The minimum atomic E-state index is -3.72. The highest BCUT2D eigenvalue weighted by Crippen LogP contribution is 2.29. The summed E-state index contributed by atoms with van der Waals surface area (Å²) in [6.45, 7) is 3.35. The van der Waals surface area contributed by atoms with Gasteiger partial charge in [-0.2, -0.15) is 4.31 Å². The molecule has 2 aromatic carbocycles. The Morgan fingerprint density at radius 3 is 2.58 bits per heavy atom. The lowest BCUT2D eigenvalue weighted by Crippen LogP contribution is -2.40. The lowest BCUT2D eigenvalue weighted by Gasteiger charge is -2.26. The second-order valence-electron chi connectivity index (χ2n) is 6.94. The first kappa shape index (κ1) is 24.5. The summed E-state index contributed by atoms with van der Waals surface area (Å²) in [5.74, 6) is 0.557. The third-order valence-corrected chi connectivity index (χ3v) is 6.61. The van der Waals surface area contributed by atoms with Crippen LogP contribution in [-0.4, -0.2) is 71.5 Å². The Hall–Kier alpha value is -3.15. The number of carbonyl (C=O) groups is 1. The van der Waals surface area contributed by atoms with Crippen LogP contribution in [-0.2, 0) is 24.4 Å². The molecule has 1 fully saturated rings. The van der Waals surface area contributed by atoms with E-state index >= 15 is 0 Å². The third-order valence-electron chi connectivity index (χ3n) is 4.72. The third kappa shape index (κ3) is 6.67. The van der Waals surface area contributed by atoms with Gasteiger partial charge in [0.25, 0.3) is 5.91 Å². The van der Waals surface area contributed by atoms with E-state index < -0.39 is 15.9 Å². The van der Waals surface area contributed by atoms with E-state index in [1.165, 1.54) is 35.8 Å². The molecule has 1 N–H and O–H groups in total. The Morgan fingerprint density at radius 1 is 1.18 bits per heavy atom. The van der Waals surface area contributed by atoms with Crippen LogP contribution >= 0.6 is 0 Å². The van der Waals surface area contributed by atoms with Crippen molar-refractivity contribution in [3.63, 3.8) is 0 Å². The molecule has 0 bridgehead atoms. The van der Waals surface area contributed by atoms with Gasteiger partial charge in [0.15, 0.2) is 6.61 Å².